The number of nitrogens with zero attached hydrogens (tertiary/aromatic N) is 3. The van der Waals surface area contributed by atoms with Crippen LogP contribution in [-0.4, -0.2) is 27.3 Å². The number of carbonyl (C=O) groups excluding carboxylic acids is 1. The molecule has 1 N–H and O–H groups in total. The number of fused-ring (bicyclic) bond motifs is 1. The van der Waals surface area contributed by atoms with Crippen molar-refractivity contribution >= 4 is 17.0 Å². The monoisotopic (exact) mass is 390 g/mol. The highest BCUT2D eigenvalue weighted by Crippen LogP contribution is 2.32. The first kappa shape index (κ1) is 18.9. The van der Waals surface area contributed by atoms with Gasteiger partial charge in [0.15, 0.2) is 11.3 Å². The Labute approximate surface area is 167 Å². The molecule has 29 heavy (non-hydrogen) atoms. The van der Waals surface area contributed by atoms with E-state index in [-0.39, 0.29) is 23.9 Å². The Kier molecular flexibility index (Phi) is 5.17. The van der Waals surface area contributed by atoms with Gasteiger partial charge in [0.25, 0.3) is 5.56 Å². The van der Waals surface area contributed by atoms with Crippen molar-refractivity contribution in [3.8, 4) is 17.2 Å². The second-order valence-corrected chi connectivity index (χ2v) is 7.27. The van der Waals surface area contributed by atoms with Crippen LogP contribution in [0.4, 0.5) is 0 Å². The molecule has 1 saturated carbocycles. The normalized spacial score (nSPS) is 14.6. The maximum Gasteiger partial charge on any atom is 0.357 e. The van der Waals surface area contributed by atoms with Crippen LogP contribution in [0.5, 0.6) is 0 Å². The van der Waals surface area contributed by atoms with Gasteiger partial charge in [-0.25, -0.2) is 9.78 Å². The van der Waals surface area contributed by atoms with Gasteiger partial charge in [0.2, 0.25) is 0 Å². The topological polar surface area (TPSA) is 101 Å². The van der Waals surface area contributed by atoms with Crippen molar-refractivity contribution in [1.29, 1.82) is 5.26 Å². The molecule has 7 heteroatoms. The summed E-state index contributed by atoms with van der Waals surface area (Å²) in [5, 5.41) is 12.5. The van der Waals surface area contributed by atoms with Crippen LogP contribution < -0.4 is 5.56 Å². The molecule has 1 aromatic carbocycles. The van der Waals surface area contributed by atoms with E-state index in [0.29, 0.717) is 22.2 Å². The fourth-order valence-corrected chi connectivity index (χ4v) is 4.01. The molecule has 7 nitrogen and oxygen atoms in total. The van der Waals surface area contributed by atoms with E-state index in [2.05, 4.69) is 16.2 Å². The zero-order chi connectivity index (χ0) is 20.4. The number of aromatic amines is 1. The lowest BCUT2D eigenvalue weighted by Crippen LogP contribution is -2.16. The van der Waals surface area contributed by atoms with E-state index < -0.39 is 5.97 Å². The summed E-state index contributed by atoms with van der Waals surface area (Å²) in [4.78, 5) is 29.8. The van der Waals surface area contributed by atoms with Crippen molar-refractivity contribution in [1.82, 2.24) is 14.8 Å². The predicted molar refractivity (Wildman–Crippen MR) is 109 cm³/mol. The average molecular weight is 390 g/mol. The van der Waals surface area contributed by atoms with Crippen LogP contribution in [0, 0.1) is 11.3 Å². The molecule has 148 valence electrons. The summed E-state index contributed by atoms with van der Waals surface area (Å²) in [7, 11) is 0. The van der Waals surface area contributed by atoms with Gasteiger partial charge in [-0.3, -0.25) is 14.6 Å². The van der Waals surface area contributed by atoms with Crippen molar-refractivity contribution in [2.75, 3.05) is 6.61 Å². The van der Waals surface area contributed by atoms with Crippen molar-refractivity contribution in [2.24, 2.45) is 0 Å². The van der Waals surface area contributed by atoms with Gasteiger partial charge in [-0.1, -0.05) is 31.4 Å². The van der Waals surface area contributed by atoms with E-state index in [4.69, 9.17) is 10.00 Å². The molecule has 0 aliphatic heterocycles. The van der Waals surface area contributed by atoms with Crippen molar-refractivity contribution in [3.63, 3.8) is 0 Å². The van der Waals surface area contributed by atoms with Gasteiger partial charge in [0.1, 0.15) is 0 Å². The molecule has 0 bridgehead atoms. The van der Waals surface area contributed by atoms with Gasteiger partial charge in [0, 0.05) is 5.56 Å². The Bertz CT molecular complexity index is 1150. The molecule has 0 radical (unpaired) electrons. The van der Waals surface area contributed by atoms with E-state index in [9.17, 15) is 9.59 Å². The largest absolute Gasteiger partial charge is 0.461 e. The minimum absolute atomic E-state index is 0.160. The van der Waals surface area contributed by atoms with E-state index in [1.54, 1.807) is 37.3 Å². The van der Waals surface area contributed by atoms with E-state index >= 15 is 0 Å². The number of carbonyl (C=O) groups is 1. The Hall–Kier alpha value is -3.40. The molecule has 2 heterocycles. The summed E-state index contributed by atoms with van der Waals surface area (Å²) >= 11 is 0. The maximum atomic E-state index is 12.9. The lowest BCUT2D eigenvalue weighted by Gasteiger charge is -2.23. The van der Waals surface area contributed by atoms with Crippen LogP contribution in [0.1, 0.15) is 61.1 Å². The Balaban J connectivity index is 1.95. The molecule has 4 rings (SSSR count). The Morgan fingerprint density at radius 1 is 1.28 bits per heavy atom. The summed E-state index contributed by atoms with van der Waals surface area (Å²) in [5.74, 6) is -0.520. The first-order chi connectivity index (χ1) is 14.1. The Morgan fingerprint density at radius 2 is 2.00 bits per heavy atom. The number of benzene rings is 1. The third-order valence-corrected chi connectivity index (χ3v) is 5.43. The van der Waals surface area contributed by atoms with E-state index in [1.807, 2.05) is 4.68 Å². The molecule has 1 fully saturated rings. The smallest absolute Gasteiger partial charge is 0.357 e. The molecule has 0 atom stereocenters. The average Bonchev–Trinajstić information content (AvgIpc) is 3.10. The van der Waals surface area contributed by atoms with Gasteiger partial charge in [0.05, 0.1) is 29.7 Å². The van der Waals surface area contributed by atoms with E-state index in [1.165, 1.54) is 6.42 Å². The highest BCUT2D eigenvalue weighted by atomic mass is 16.5. The summed E-state index contributed by atoms with van der Waals surface area (Å²) in [6, 6.07) is 10.8. The molecular formula is C22H22N4O3. The number of ether oxygens (including phenoxy) is 1. The fraction of sp³-hybridized carbons (Fsp3) is 0.364. The molecule has 2 aromatic heterocycles. The van der Waals surface area contributed by atoms with Gasteiger partial charge in [-0.05, 0) is 43.5 Å². The van der Waals surface area contributed by atoms with Crippen LogP contribution >= 0.6 is 0 Å². The molecule has 1 aliphatic rings. The standard InChI is InChI=1S/C22H22N4O3/c1-2-29-22(28)18-12-17(15-10-8-14(13-23)9-11-15)19-20(24-18)26(25-21(19)27)16-6-4-3-5-7-16/h8-12,16H,2-7H2,1H3,(H,25,27). The third-order valence-electron chi connectivity index (χ3n) is 5.43. The number of aromatic nitrogens is 3. The van der Waals surface area contributed by atoms with Crippen LogP contribution in [0.2, 0.25) is 0 Å². The highest BCUT2D eigenvalue weighted by molar-refractivity contribution is 5.98. The number of rotatable bonds is 4. The van der Waals surface area contributed by atoms with Gasteiger partial charge < -0.3 is 4.74 Å². The van der Waals surface area contributed by atoms with Crippen molar-refractivity contribution in [3.05, 3.63) is 51.9 Å². The number of nitriles is 1. The second kappa shape index (κ2) is 7.92. The number of esters is 1. The Morgan fingerprint density at radius 3 is 2.66 bits per heavy atom. The number of pyridine rings is 1. The maximum absolute atomic E-state index is 12.9. The van der Waals surface area contributed by atoms with Crippen LogP contribution in [-0.2, 0) is 4.74 Å². The van der Waals surface area contributed by atoms with Crippen LogP contribution in [0.15, 0.2) is 35.1 Å². The molecule has 1 aliphatic carbocycles. The zero-order valence-corrected chi connectivity index (χ0v) is 16.3. The highest BCUT2D eigenvalue weighted by Gasteiger charge is 2.24. The number of hydrogen-bond acceptors (Lipinski definition) is 5. The molecular weight excluding hydrogens is 368 g/mol. The first-order valence-corrected chi connectivity index (χ1v) is 9.95. The zero-order valence-electron chi connectivity index (χ0n) is 16.3. The summed E-state index contributed by atoms with van der Waals surface area (Å²) in [5.41, 5.74) is 2.30. The fourth-order valence-electron chi connectivity index (χ4n) is 4.01. The number of nitrogens with one attached hydrogen (secondary N) is 1. The summed E-state index contributed by atoms with van der Waals surface area (Å²) in [6.45, 7) is 1.99. The molecule has 0 saturated heterocycles. The molecule has 3 aromatic rings. The molecule has 0 unspecified atom stereocenters. The lowest BCUT2D eigenvalue weighted by atomic mass is 9.95. The second-order valence-electron chi connectivity index (χ2n) is 7.27. The van der Waals surface area contributed by atoms with Crippen molar-refractivity contribution < 1.29 is 9.53 Å². The van der Waals surface area contributed by atoms with Crippen LogP contribution in [0.3, 0.4) is 0 Å². The van der Waals surface area contributed by atoms with Gasteiger partial charge >= 0.3 is 5.97 Å². The summed E-state index contributed by atoms with van der Waals surface area (Å²) < 4.78 is 6.98. The quantitative estimate of drug-likeness (QED) is 0.680. The minimum Gasteiger partial charge on any atom is -0.461 e. The van der Waals surface area contributed by atoms with Crippen molar-refractivity contribution in [2.45, 2.75) is 45.1 Å². The molecule has 0 spiro atoms. The minimum atomic E-state index is -0.520. The van der Waals surface area contributed by atoms with Gasteiger partial charge in [-0.15, -0.1) is 0 Å². The summed E-state index contributed by atoms with van der Waals surface area (Å²) in [6.07, 6.45) is 5.34. The molecule has 0 amide bonds. The van der Waals surface area contributed by atoms with E-state index in [0.717, 1.165) is 31.2 Å². The number of H-pyrrole nitrogens is 1. The third kappa shape index (κ3) is 3.54. The lowest BCUT2D eigenvalue weighted by molar-refractivity contribution is 0.0520. The van der Waals surface area contributed by atoms with Crippen LogP contribution in [0.25, 0.3) is 22.2 Å². The number of hydrogen-bond donors (Lipinski definition) is 1. The predicted octanol–water partition coefficient (Wildman–Crippen LogP) is 3.95. The first-order valence-electron chi connectivity index (χ1n) is 9.95. The SMILES string of the molecule is CCOC(=O)c1cc(-c2ccc(C#N)cc2)c2c(=O)[nH]n(C3CCCCC3)c2n1. The van der Waals surface area contributed by atoms with Gasteiger partial charge in [-0.2, -0.15) is 5.26 Å².